The van der Waals surface area contributed by atoms with E-state index < -0.39 is 0 Å². The molecule has 6 nitrogen and oxygen atoms in total. The van der Waals surface area contributed by atoms with E-state index in [1.54, 1.807) is 23.3 Å². The maximum absolute atomic E-state index is 12.4. The van der Waals surface area contributed by atoms with Gasteiger partial charge in [-0.2, -0.15) is 5.10 Å². The van der Waals surface area contributed by atoms with Gasteiger partial charge < -0.3 is 5.32 Å². The minimum atomic E-state index is -0.203. The van der Waals surface area contributed by atoms with E-state index >= 15 is 0 Å². The second-order valence-corrected chi connectivity index (χ2v) is 5.94. The maximum atomic E-state index is 12.4. The van der Waals surface area contributed by atoms with Gasteiger partial charge in [0.15, 0.2) is 5.16 Å². The zero-order valence-corrected chi connectivity index (χ0v) is 14.2. The number of carbonyl (C=O) groups is 1. The Kier molecular flexibility index (Phi) is 4.90. The first-order chi connectivity index (χ1) is 11.7. The summed E-state index contributed by atoms with van der Waals surface area (Å²) in [4.78, 5) is 20.7. The SMILES string of the molecule is CSc1ncc(C(=O)N[C@@H](C)c2ccccc2-n2cccn2)cn1. The van der Waals surface area contributed by atoms with Gasteiger partial charge in [0.1, 0.15) is 0 Å². The average Bonchev–Trinajstić information content (AvgIpc) is 3.16. The van der Waals surface area contributed by atoms with Crippen LogP contribution in [-0.4, -0.2) is 31.9 Å². The number of nitrogens with one attached hydrogen (secondary N) is 1. The predicted octanol–water partition coefficient (Wildman–Crippen LogP) is 2.88. The molecule has 2 heterocycles. The fraction of sp³-hybridized carbons (Fsp3) is 0.176. The number of para-hydroxylation sites is 1. The van der Waals surface area contributed by atoms with Crippen molar-refractivity contribution in [2.24, 2.45) is 0 Å². The summed E-state index contributed by atoms with van der Waals surface area (Å²) in [5.74, 6) is -0.203. The van der Waals surface area contributed by atoms with E-state index in [4.69, 9.17) is 0 Å². The fourth-order valence-electron chi connectivity index (χ4n) is 2.37. The Labute approximate surface area is 144 Å². The Morgan fingerprint density at radius 3 is 2.62 bits per heavy atom. The molecular formula is C17H17N5OS. The fourth-order valence-corrected chi connectivity index (χ4v) is 2.69. The van der Waals surface area contributed by atoms with Gasteiger partial charge in [0.25, 0.3) is 5.91 Å². The highest BCUT2D eigenvalue weighted by Crippen LogP contribution is 2.21. The van der Waals surface area contributed by atoms with E-state index in [2.05, 4.69) is 20.4 Å². The Hall–Kier alpha value is -2.67. The Morgan fingerprint density at radius 2 is 1.96 bits per heavy atom. The van der Waals surface area contributed by atoms with Crippen LogP contribution >= 0.6 is 11.8 Å². The smallest absolute Gasteiger partial charge is 0.254 e. The molecule has 0 aliphatic heterocycles. The van der Waals surface area contributed by atoms with Gasteiger partial charge in [0.2, 0.25) is 0 Å². The molecule has 0 unspecified atom stereocenters. The molecule has 7 heteroatoms. The summed E-state index contributed by atoms with van der Waals surface area (Å²) in [6.45, 7) is 1.94. The number of thioether (sulfide) groups is 1. The molecule has 0 saturated carbocycles. The molecule has 3 rings (SSSR count). The van der Waals surface area contributed by atoms with E-state index in [-0.39, 0.29) is 11.9 Å². The molecule has 24 heavy (non-hydrogen) atoms. The Morgan fingerprint density at radius 1 is 1.21 bits per heavy atom. The van der Waals surface area contributed by atoms with Crippen LogP contribution in [0.3, 0.4) is 0 Å². The van der Waals surface area contributed by atoms with E-state index in [1.165, 1.54) is 11.8 Å². The first-order valence-corrected chi connectivity index (χ1v) is 8.67. The van der Waals surface area contributed by atoms with E-state index in [0.717, 1.165) is 11.3 Å². The number of amides is 1. The van der Waals surface area contributed by atoms with Gasteiger partial charge in [-0.3, -0.25) is 4.79 Å². The lowest BCUT2D eigenvalue weighted by atomic mass is 10.1. The molecule has 0 aliphatic rings. The van der Waals surface area contributed by atoms with Crippen LogP contribution in [-0.2, 0) is 0 Å². The van der Waals surface area contributed by atoms with Crippen LogP contribution in [0.4, 0.5) is 0 Å². The van der Waals surface area contributed by atoms with Crippen LogP contribution in [0.5, 0.6) is 0 Å². The number of rotatable bonds is 5. The third kappa shape index (κ3) is 3.46. The van der Waals surface area contributed by atoms with Gasteiger partial charge >= 0.3 is 0 Å². The standard InChI is InChI=1S/C17H17N5OS/c1-12(21-16(23)13-10-18-17(24-2)19-11-13)14-6-3-4-7-15(14)22-9-5-8-20-22/h3-12H,1-2H3,(H,21,23)/t12-/m0/s1. The molecular weight excluding hydrogens is 322 g/mol. The highest BCUT2D eigenvalue weighted by molar-refractivity contribution is 7.98. The first kappa shape index (κ1) is 16.2. The zero-order chi connectivity index (χ0) is 16.9. The first-order valence-electron chi connectivity index (χ1n) is 7.45. The van der Waals surface area contributed by atoms with Crippen molar-refractivity contribution < 1.29 is 4.79 Å². The Bertz CT molecular complexity index is 817. The van der Waals surface area contributed by atoms with Gasteiger partial charge in [0.05, 0.1) is 17.3 Å². The van der Waals surface area contributed by atoms with Gasteiger partial charge in [-0.25, -0.2) is 14.6 Å². The van der Waals surface area contributed by atoms with Gasteiger partial charge in [0, 0.05) is 24.8 Å². The van der Waals surface area contributed by atoms with Crippen molar-refractivity contribution in [3.63, 3.8) is 0 Å². The molecule has 0 radical (unpaired) electrons. The second-order valence-electron chi connectivity index (χ2n) is 5.16. The molecule has 0 saturated heterocycles. The normalized spacial score (nSPS) is 11.9. The minimum Gasteiger partial charge on any atom is -0.345 e. The summed E-state index contributed by atoms with van der Waals surface area (Å²) in [7, 11) is 0. The van der Waals surface area contributed by atoms with Crippen molar-refractivity contribution in [1.29, 1.82) is 0 Å². The summed E-state index contributed by atoms with van der Waals surface area (Å²) in [6, 6.07) is 9.53. The largest absolute Gasteiger partial charge is 0.345 e. The second kappa shape index (κ2) is 7.27. The van der Waals surface area contributed by atoms with Crippen LogP contribution < -0.4 is 5.32 Å². The number of benzene rings is 1. The molecule has 1 atom stereocenters. The molecule has 3 aromatic rings. The predicted molar refractivity (Wildman–Crippen MR) is 93.3 cm³/mol. The quantitative estimate of drug-likeness (QED) is 0.571. The molecule has 2 aromatic heterocycles. The summed E-state index contributed by atoms with van der Waals surface area (Å²) in [5, 5.41) is 7.90. The lowest BCUT2D eigenvalue weighted by Crippen LogP contribution is -2.27. The highest BCUT2D eigenvalue weighted by atomic mass is 32.2. The van der Waals surface area contributed by atoms with Crippen LogP contribution in [0, 0.1) is 0 Å². The van der Waals surface area contributed by atoms with Crippen LogP contribution in [0.25, 0.3) is 5.69 Å². The maximum Gasteiger partial charge on any atom is 0.254 e. The lowest BCUT2D eigenvalue weighted by molar-refractivity contribution is 0.0939. The van der Waals surface area contributed by atoms with Crippen molar-refractivity contribution in [2.45, 2.75) is 18.1 Å². The summed E-state index contributed by atoms with van der Waals surface area (Å²) in [6.07, 6.45) is 8.58. The molecule has 0 bridgehead atoms. The van der Waals surface area contributed by atoms with E-state index in [9.17, 15) is 4.79 Å². The highest BCUT2D eigenvalue weighted by Gasteiger charge is 2.16. The number of hydrogen-bond donors (Lipinski definition) is 1. The summed E-state index contributed by atoms with van der Waals surface area (Å²) < 4.78 is 1.79. The van der Waals surface area contributed by atoms with E-state index in [0.29, 0.717) is 10.7 Å². The lowest BCUT2D eigenvalue weighted by Gasteiger charge is -2.18. The number of aromatic nitrogens is 4. The van der Waals surface area contributed by atoms with Crippen LogP contribution in [0.1, 0.15) is 28.9 Å². The third-order valence-electron chi connectivity index (χ3n) is 3.57. The monoisotopic (exact) mass is 339 g/mol. The van der Waals surface area contributed by atoms with Crippen molar-refractivity contribution in [1.82, 2.24) is 25.1 Å². The zero-order valence-electron chi connectivity index (χ0n) is 13.4. The minimum absolute atomic E-state index is 0.182. The molecule has 122 valence electrons. The molecule has 0 fully saturated rings. The summed E-state index contributed by atoms with van der Waals surface area (Å²) in [5.41, 5.74) is 2.36. The molecule has 1 N–H and O–H groups in total. The van der Waals surface area contributed by atoms with Gasteiger partial charge in [-0.05, 0) is 30.9 Å². The van der Waals surface area contributed by atoms with Crippen molar-refractivity contribution in [3.05, 3.63) is 66.2 Å². The summed E-state index contributed by atoms with van der Waals surface area (Å²) >= 11 is 1.44. The average molecular weight is 339 g/mol. The van der Waals surface area contributed by atoms with Crippen molar-refractivity contribution in [3.8, 4) is 5.69 Å². The Balaban J connectivity index is 1.80. The van der Waals surface area contributed by atoms with E-state index in [1.807, 2.05) is 49.7 Å². The number of carbonyl (C=O) groups excluding carboxylic acids is 1. The third-order valence-corrected chi connectivity index (χ3v) is 4.15. The van der Waals surface area contributed by atoms with Crippen LogP contribution in [0.15, 0.2) is 60.3 Å². The van der Waals surface area contributed by atoms with Crippen LogP contribution in [0.2, 0.25) is 0 Å². The van der Waals surface area contributed by atoms with Crippen molar-refractivity contribution >= 4 is 17.7 Å². The topological polar surface area (TPSA) is 72.7 Å². The molecule has 0 aliphatic carbocycles. The molecule has 1 amide bonds. The molecule has 1 aromatic carbocycles. The van der Waals surface area contributed by atoms with Crippen molar-refractivity contribution in [2.75, 3.05) is 6.26 Å². The molecule has 0 spiro atoms. The van der Waals surface area contributed by atoms with Gasteiger partial charge in [-0.15, -0.1) is 0 Å². The van der Waals surface area contributed by atoms with Gasteiger partial charge in [-0.1, -0.05) is 30.0 Å². The number of hydrogen-bond acceptors (Lipinski definition) is 5. The number of nitrogens with zero attached hydrogens (tertiary/aromatic N) is 4.